The molecule has 2 N–H and O–H groups in total. The summed E-state index contributed by atoms with van der Waals surface area (Å²) in [6.45, 7) is 6.29. The van der Waals surface area contributed by atoms with Crippen molar-refractivity contribution in [1.29, 1.82) is 0 Å². The molecule has 2 aromatic heterocycles. The van der Waals surface area contributed by atoms with E-state index in [-0.39, 0.29) is 0 Å². The zero-order chi connectivity index (χ0) is 11.7. The van der Waals surface area contributed by atoms with Gasteiger partial charge in [-0.15, -0.1) is 11.3 Å². The Morgan fingerprint density at radius 3 is 2.69 bits per heavy atom. The molecule has 2 aromatic rings. The highest BCUT2D eigenvalue weighted by Crippen LogP contribution is 2.34. The van der Waals surface area contributed by atoms with E-state index in [0.717, 1.165) is 26.8 Å². The maximum atomic E-state index is 6.01. The number of aromatic nitrogens is 2. The standard InChI is InChI=1S/C12H15N3S/c1-7(2)12-15-10(11(13)16-12)9-6-14-5-4-8(9)3/h4-7H,13H2,1-3H3. The minimum Gasteiger partial charge on any atom is -0.389 e. The Balaban J connectivity index is 2.52. The van der Waals surface area contributed by atoms with Crippen molar-refractivity contribution in [2.75, 3.05) is 5.73 Å². The molecule has 0 aliphatic carbocycles. The number of pyridine rings is 1. The second-order valence-electron chi connectivity index (χ2n) is 4.11. The molecule has 0 aliphatic heterocycles. The quantitative estimate of drug-likeness (QED) is 0.866. The summed E-state index contributed by atoms with van der Waals surface area (Å²) in [6, 6.07) is 1.98. The van der Waals surface area contributed by atoms with Gasteiger partial charge in [0, 0.05) is 23.9 Å². The van der Waals surface area contributed by atoms with Crippen LogP contribution < -0.4 is 5.73 Å². The minimum atomic E-state index is 0.415. The Morgan fingerprint density at radius 2 is 2.12 bits per heavy atom. The lowest BCUT2D eigenvalue weighted by Gasteiger charge is -2.02. The van der Waals surface area contributed by atoms with Crippen molar-refractivity contribution in [3.05, 3.63) is 29.0 Å². The summed E-state index contributed by atoms with van der Waals surface area (Å²) in [5, 5.41) is 1.86. The van der Waals surface area contributed by atoms with Gasteiger partial charge in [-0.1, -0.05) is 13.8 Å². The van der Waals surface area contributed by atoms with Crippen molar-refractivity contribution in [2.45, 2.75) is 26.7 Å². The number of hydrogen-bond acceptors (Lipinski definition) is 4. The van der Waals surface area contributed by atoms with Gasteiger partial charge in [-0.2, -0.15) is 0 Å². The smallest absolute Gasteiger partial charge is 0.114 e. The average molecular weight is 233 g/mol. The Bertz CT molecular complexity index is 503. The van der Waals surface area contributed by atoms with Crippen LogP contribution in [0.3, 0.4) is 0 Å². The van der Waals surface area contributed by atoms with Gasteiger partial charge in [0.15, 0.2) is 0 Å². The van der Waals surface area contributed by atoms with Crippen molar-refractivity contribution in [1.82, 2.24) is 9.97 Å². The van der Waals surface area contributed by atoms with Gasteiger partial charge < -0.3 is 5.73 Å². The van der Waals surface area contributed by atoms with Crippen LogP contribution in [-0.2, 0) is 0 Å². The molecule has 0 fully saturated rings. The number of thiazole rings is 1. The highest BCUT2D eigenvalue weighted by Gasteiger charge is 2.14. The van der Waals surface area contributed by atoms with Crippen LogP contribution in [0, 0.1) is 6.92 Å². The zero-order valence-electron chi connectivity index (χ0n) is 9.69. The zero-order valence-corrected chi connectivity index (χ0v) is 10.5. The SMILES string of the molecule is Cc1ccncc1-c1nc(C(C)C)sc1N. The molecule has 0 aliphatic rings. The van der Waals surface area contributed by atoms with Crippen molar-refractivity contribution < 1.29 is 0 Å². The fourth-order valence-corrected chi connectivity index (χ4v) is 2.35. The molecule has 16 heavy (non-hydrogen) atoms. The van der Waals surface area contributed by atoms with Crippen LogP contribution in [0.1, 0.15) is 30.3 Å². The molecule has 0 atom stereocenters. The Labute approximate surface area is 99.4 Å². The van der Waals surface area contributed by atoms with Crippen LogP contribution in [0.4, 0.5) is 5.00 Å². The Morgan fingerprint density at radius 1 is 1.38 bits per heavy atom. The van der Waals surface area contributed by atoms with Crippen molar-refractivity contribution in [3.63, 3.8) is 0 Å². The summed E-state index contributed by atoms with van der Waals surface area (Å²) in [5.74, 6) is 0.415. The number of aryl methyl sites for hydroxylation is 1. The lowest BCUT2D eigenvalue weighted by Crippen LogP contribution is -1.90. The van der Waals surface area contributed by atoms with E-state index >= 15 is 0 Å². The average Bonchev–Trinajstić information content (AvgIpc) is 2.61. The van der Waals surface area contributed by atoms with Gasteiger partial charge in [0.05, 0.1) is 5.01 Å². The van der Waals surface area contributed by atoms with E-state index in [9.17, 15) is 0 Å². The molecular weight excluding hydrogens is 218 g/mol. The third-order valence-corrected chi connectivity index (χ3v) is 3.64. The minimum absolute atomic E-state index is 0.415. The number of hydrogen-bond donors (Lipinski definition) is 1. The van der Waals surface area contributed by atoms with Crippen molar-refractivity contribution >= 4 is 16.3 Å². The van der Waals surface area contributed by atoms with Gasteiger partial charge in [0.1, 0.15) is 10.7 Å². The van der Waals surface area contributed by atoms with Gasteiger partial charge in [-0.25, -0.2) is 4.98 Å². The molecule has 0 spiro atoms. The van der Waals surface area contributed by atoms with Gasteiger partial charge in [-0.3, -0.25) is 4.98 Å². The third-order valence-electron chi connectivity index (χ3n) is 2.46. The first-order valence-electron chi connectivity index (χ1n) is 5.26. The lowest BCUT2D eigenvalue weighted by molar-refractivity contribution is 0.853. The summed E-state index contributed by atoms with van der Waals surface area (Å²) < 4.78 is 0. The lowest BCUT2D eigenvalue weighted by atomic mass is 10.1. The molecular formula is C12H15N3S. The molecule has 0 aromatic carbocycles. The first kappa shape index (κ1) is 11.1. The molecule has 0 unspecified atom stereocenters. The second-order valence-corrected chi connectivity index (χ2v) is 5.17. The molecule has 0 saturated carbocycles. The van der Waals surface area contributed by atoms with E-state index in [1.807, 2.05) is 19.2 Å². The molecule has 0 amide bonds. The maximum absolute atomic E-state index is 6.01. The molecule has 0 bridgehead atoms. The number of rotatable bonds is 2. The highest BCUT2D eigenvalue weighted by molar-refractivity contribution is 7.16. The van der Waals surface area contributed by atoms with Crippen LogP contribution >= 0.6 is 11.3 Å². The van der Waals surface area contributed by atoms with E-state index in [0.29, 0.717) is 5.92 Å². The summed E-state index contributed by atoms with van der Waals surface area (Å²) >= 11 is 1.56. The van der Waals surface area contributed by atoms with E-state index in [1.165, 1.54) is 0 Å². The number of anilines is 1. The monoisotopic (exact) mass is 233 g/mol. The van der Waals surface area contributed by atoms with Gasteiger partial charge in [0.2, 0.25) is 0 Å². The molecule has 2 rings (SSSR count). The van der Waals surface area contributed by atoms with Crippen molar-refractivity contribution in [2.24, 2.45) is 0 Å². The highest BCUT2D eigenvalue weighted by atomic mass is 32.1. The van der Waals surface area contributed by atoms with Crippen LogP contribution in [-0.4, -0.2) is 9.97 Å². The van der Waals surface area contributed by atoms with Crippen molar-refractivity contribution in [3.8, 4) is 11.3 Å². The summed E-state index contributed by atoms with van der Waals surface area (Å²) in [6.07, 6.45) is 3.61. The van der Waals surface area contributed by atoms with Gasteiger partial charge in [-0.05, 0) is 18.6 Å². The molecule has 84 valence electrons. The second kappa shape index (κ2) is 4.22. The van der Waals surface area contributed by atoms with E-state index < -0.39 is 0 Å². The van der Waals surface area contributed by atoms with E-state index in [2.05, 4.69) is 23.8 Å². The van der Waals surface area contributed by atoms with Crippen LogP contribution in [0.25, 0.3) is 11.3 Å². The van der Waals surface area contributed by atoms with E-state index in [1.54, 1.807) is 17.5 Å². The fourth-order valence-electron chi connectivity index (χ4n) is 1.50. The maximum Gasteiger partial charge on any atom is 0.114 e. The Kier molecular flexibility index (Phi) is 2.92. The first-order chi connectivity index (χ1) is 7.59. The summed E-state index contributed by atoms with van der Waals surface area (Å²) in [7, 11) is 0. The number of nitrogens with zero attached hydrogens (tertiary/aromatic N) is 2. The van der Waals surface area contributed by atoms with E-state index in [4.69, 9.17) is 5.73 Å². The molecule has 3 nitrogen and oxygen atoms in total. The molecule has 4 heteroatoms. The summed E-state index contributed by atoms with van der Waals surface area (Å²) in [5.41, 5.74) is 9.07. The number of nitrogen functional groups attached to an aromatic ring is 1. The molecule has 2 heterocycles. The van der Waals surface area contributed by atoms with Crippen LogP contribution in [0.2, 0.25) is 0 Å². The van der Waals surface area contributed by atoms with Gasteiger partial charge in [0.25, 0.3) is 0 Å². The predicted molar refractivity (Wildman–Crippen MR) is 68.6 cm³/mol. The predicted octanol–water partition coefficient (Wildman–Crippen LogP) is 3.22. The largest absolute Gasteiger partial charge is 0.389 e. The van der Waals surface area contributed by atoms with Crippen LogP contribution in [0.15, 0.2) is 18.5 Å². The summed E-state index contributed by atoms with van der Waals surface area (Å²) in [4.78, 5) is 8.72. The normalized spacial score (nSPS) is 11.0. The molecule has 0 radical (unpaired) electrons. The topological polar surface area (TPSA) is 51.8 Å². The fraction of sp³-hybridized carbons (Fsp3) is 0.333. The number of nitrogens with two attached hydrogens (primary N) is 1. The van der Waals surface area contributed by atoms with Gasteiger partial charge >= 0.3 is 0 Å². The van der Waals surface area contributed by atoms with Crippen LogP contribution in [0.5, 0.6) is 0 Å². The Hall–Kier alpha value is -1.42. The molecule has 0 saturated heterocycles. The third kappa shape index (κ3) is 1.93. The first-order valence-corrected chi connectivity index (χ1v) is 6.08.